The minimum absolute atomic E-state index is 0.165. The standard InChI is InChI=1S/C26H36F2/c1-3-5-19-7-12-21(13-8-19)22-14-9-20(10-15-22)11-16-24-18-17-23(6-4-2)25(27)26(24)28/h17-22H,3,5,7-16H2,1-2H3. The fourth-order valence-electron chi connectivity index (χ4n) is 5.68. The van der Waals surface area contributed by atoms with Gasteiger partial charge in [-0.25, -0.2) is 8.78 Å². The molecule has 2 aliphatic rings. The largest absolute Gasteiger partial charge is 0.203 e. The summed E-state index contributed by atoms with van der Waals surface area (Å²) in [4.78, 5) is 0. The minimum Gasteiger partial charge on any atom is -0.203 e. The monoisotopic (exact) mass is 386 g/mol. The van der Waals surface area contributed by atoms with Gasteiger partial charge in [0, 0.05) is 0 Å². The zero-order valence-corrected chi connectivity index (χ0v) is 17.7. The number of aryl methyl sites for hydroxylation is 1. The van der Waals surface area contributed by atoms with Gasteiger partial charge in [0.05, 0.1) is 5.56 Å². The summed E-state index contributed by atoms with van der Waals surface area (Å²) in [7, 11) is 0. The van der Waals surface area contributed by atoms with Crippen molar-refractivity contribution < 1.29 is 8.78 Å². The first-order valence-electron chi connectivity index (χ1n) is 11.5. The van der Waals surface area contributed by atoms with Gasteiger partial charge in [-0.3, -0.25) is 0 Å². The summed E-state index contributed by atoms with van der Waals surface area (Å²) in [5, 5.41) is 0. The summed E-state index contributed by atoms with van der Waals surface area (Å²) in [5.41, 5.74) is 0.674. The lowest BCUT2D eigenvalue weighted by molar-refractivity contribution is 0.141. The van der Waals surface area contributed by atoms with Gasteiger partial charge in [-0.15, -0.1) is 5.92 Å². The van der Waals surface area contributed by atoms with Crippen LogP contribution in [-0.4, -0.2) is 0 Å². The SMILES string of the molecule is CC#Cc1ccc(CCC2CCC(C3CCC(CCC)CC3)CC2)c(F)c1F. The molecule has 1 aromatic carbocycles. The molecule has 0 N–H and O–H groups in total. The maximum Gasteiger partial charge on any atom is 0.174 e. The van der Waals surface area contributed by atoms with Crippen LogP contribution in [0.5, 0.6) is 0 Å². The van der Waals surface area contributed by atoms with Crippen molar-refractivity contribution in [3.8, 4) is 11.8 Å². The molecule has 0 aliphatic heterocycles. The fourth-order valence-corrected chi connectivity index (χ4v) is 5.68. The van der Waals surface area contributed by atoms with Crippen LogP contribution in [0.15, 0.2) is 12.1 Å². The van der Waals surface area contributed by atoms with Gasteiger partial charge in [-0.1, -0.05) is 57.4 Å². The van der Waals surface area contributed by atoms with E-state index < -0.39 is 11.6 Å². The topological polar surface area (TPSA) is 0 Å². The van der Waals surface area contributed by atoms with Crippen molar-refractivity contribution >= 4 is 0 Å². The van der Waals surface area contributed by atoms with E-state index in [-0.39, 0.29) is 5.56 Å². The number of halogens is 2. The van der Waals surface area contributed by atoms with Crippen molar-refractivity contribution in [1.29, 1.82) is 0 Å². The number of rotatable bonds is 6. The summed E-state index contributed by atoms with van der Waals surface area (Å²) in [6, 6.07) is 3.34. The van der Waals surface area contributed by atoms with Crippen molar-refractivity contribution in [3.05, 3.63) is 34.9 Å². The molecule has 2 saturated carbocycles. The molecule has 0 heterocycles. The van der Waals surface area contributed by atoms with E-state index in [2.05, 4.69) is 18.8 Å². The van der Waals surface area contributed by atoms with Crippen molar-refractivity contribution in [3.63, 3.8) is 0 Å². The molecule has 3 rings (SSSR count). The highest BCUT2D eigenvalue weighted by atomic mass is 19.2. The molecule has 0 saturated heterocycles. The van der Waals surface area contributed by atoms with Crippen molar-refractivity contribution in [1.82, 2.24) is 0 Å². The van der Waals surface area contributed by atoms with Gasteiger partial charge in [0.1, 0.15) is 0 Å². The van der Waals surface area contributed by atoms with Crippen LogP contribution in [0, 0.1) is 47.1 Å². The second kappa shape index (κ2) is 10.4. The first kappa shape index (κ1) is 21.4. The Morgan fingerprint density at radius 3 is 1.93 bits per heavy atom. The molecule has 28 heavy (non-hydrogen) atoms. The Morgan fingerprint density at radius 1 is 0.821 bits per heavy atom. The van der Waals surface area contributed by atoms with Crippen LogP contribution < -0.4 is 0 Å². The molecule has 1 aromatic rings. The third kappa shape index (κ3) is 5.37. The average Bonchev–Trinajstić information content (AvgIpc) is 2.72. The molecule has 2 heteroatoms. The Morgan fingerprint density at radius 2 is 1.39 bits per heavy atom. The molecule has 0 spiro atoms. The zero-order valence-electron chi connectivity index (χ0n) is 17.7. The number of benzene rings is 1. The molecule has 154 valence electrons. The van der Waals surface area contributed by atoms with Gasteiger partial charge in [0.15, 0.2) is 11.6 Å². The lowest BCUT2D eigenvalue weighted by atomic mass is 9.68. The first-order chi connectivity index (χ1) is 13.6. The molecular formula is C26H36F2. The molecule has 0 unspecified atom stereocenters. The van der Waals surface area contributed by atoms with Crippen molar-refractivity contribution in [2.45, 2.75) is 90.9 Å². The van der Waals surface area contributed by atoms with E-state index in [0.29, 0.717) is 17.9 Å². The maximum absolute atomic E-state index is 14.3. The number of hydrogen-bond donors (Lipinski definition) is 0. The zero-order chi connectivity index (χ0) is 19.9. The summed E-state index contributed by atoms with van der Waals surface area (Å²) < 4.78 is 28.4. The molecule has 0 amide bonds. The third-order valence-electron chi connectivity index (χ3n) is 7.39. The first-order valence-corrected chi connectivity index (χ1v) is 11.5. The second-order valence-electron chi connectivity index (χ2n) is 9.16. The lowest BCUT2D eigenvalue weighted by Crippen LogP contribution is -2.26. The van der Waals surface area contributed by atoms with Crippen LogP contribution in [0.25, 0.3) is 0 Å². The van der Waals surface area contributed by atoms with E-state index in [1.54, 1.807) is 19.1 Å². The van der Waals surface area contributed by atoms with E-state index in [4.69, 9.17) is 0 Å². The quantitative estimate of drug-likeness (QED) is 0.440. The average molecular weight is 387 g/mol. The molecule has 0 nitrogen and oxygen atoms in total. The molecule has 0 bridgehead atoms. The summed E-state index contributed by atoms with van der Waals surface area (Å²) in [5.74, 6) is 7.32. The Labute approximate surface area is 170 Å². The molecule has 0 atom stereocenters. The minimum atomic E-state index is -0.783. The van der Waals surface area contributed by atoms with Gasteiger partial charge < -0.3 is 0 Å². The Balaban J connectivity index is 1.44. The van der Waals surface area contributed by atoms with Gasteiger partial charge in [0.25, 0.3) is 0 Å². The number of hydrogen-bond acceptors (Lipinski definition) is 0. The predicted molar refractivity (Wildman–Crippen MR) is 113 cm³/mol. The molecule has 0 aromatic heterocycles. The molecule has 2 fully saturated rings. The van der Waals surface area contributed by atoms with Gasteiger partial charge in [-0.2, -0.15) is 0 Å². The summed E-state index contributed by atoms with van der Waals surface area (Å²) >= 11 is 0. The van der Waals surface area contributed by atoms with Crippen LogP contribution in [0.2, 0.25) is 0 Å². The maximum atomic E-state index is 14.3. The van der Waals surface area contributed by atoms with E-state index in [0.717, 1.165) is 24.2 Å². The van der Waals surface area contributed by atoms with Gasteiger partial charge >= 0.3 is 0 Å². The van der Waals surface area contributed by atoms with Crippen LogP contribution >= 0.6 is 0 Å². The summed E-state index contributed by atoms with van der Waals surface area (Å²) in [6.07, 6.45) is 15.4. The highest BCUT2D eigenvalue weighted by Crippen LogP contribution is 2.43. The second-order valence-corrected chi connectivity index (χ2v) is 9.16. The summed E-state index contributed by atoms with van der Waals surface area (Å²) in [6.45, 7) is 3.94. The highest BCUT2D eigenvalue weighted by molar-refractivity contribution is 5.38. The Bertz CT molecular complexity index is 680. The molecule has 0 radical (unpaired) electrons. The predicted octanol–water partition coefficient (Wildman–Crippen LogP) is 7.68. The van der Waals surface area contributed by atoms with Crippen molar-refractivity contribution in [2.24, 2.45) is 23.7 Å². The highest BCUT2D eigenvalue weighted by Gasteiger charge is 2.30. The fraction of sp³-hybridized carbons (Fsp3) is 0.692. The molecular weight excluding hydrogens is 350 g/mol. The Hall–Kier alpha value is -1.36. The normalized spacial score (nSPS) is 27.9. The Kier molecular flexibility index (Phi) is 7.95. The van der Waals surface area contributed by atoms with Crippen LogP contribution in [0.4, 0.5) is 8.78 Å². The van der Waals surface area contributed by atoms with Crippen LogP contribution in [0.1, 0.15) is 95.6 Å². The van der Waals surface area contributed by atoms with Gasteiger partial charge in [-0.05, 0) is 80.8 Å². The van der Waals surface area contributed by atoms with E-state index in [9.17, 15) is 8.78 Å². The van der Waals surface area contributed by atoms with E-state index in [1.165, 1.54) is 64.2 Å². The van der Waals surface area contributed by atoms with E-state index in [1.807, 2.05) is 0 Å². The van der Waals surface area contributed by atoms with Crippen molar-refractivity contribution in [2.75, 3.05) is 0 Å². The van der Waals surface area contributed by atoms with Gasteiger partial charge in [0.2, 0.25) is 0 Å². The lowest BCUT2D eigenvalue weighted by Gasteiger charge is -2.38. The third-order valence-corrected chi connectivity index (χ3v) is 7.39. The van der Waals surface area contributed by atoms with Crippen LogP contribution in [-0.2, 0) is 6.42 Å². The smallest absolute Gasteiger partial charge is 0.174 e. The molecule has 2 aliphatic carbocycles. The van der Waals surface area contributed by atoms with Crippen LogP contribution in [0.3, 0.4) is 0 Å². The van der Waals surface area contributed by atoms with E-state index >= 15 is 0 Å².